The highest BCUT2D eigenvalue weighted by atomic mass is 16.3. The minimum absolute atomic E-state index is 0.220. The van der Waals surface area contributed by atoms with Crippen molar-refractivity contribution in [2.75, 3.05) is 4.90 Å². The largest absolute Gasteiger partial charge is 0.454 e. The highest BCUT2D eigenvalue weighted by Crippen LogP contribution is 2.66. The van der Waals surface area contributed by atoms with Crippen LogP contribution < -0.4 is 4.90 Å². The Balaban J connectivity index is 1.16. The second-order valence-corrected chi connectivity index (χ2v) is 16.2. The third-order valence-electron chi connectivity index (χ3n) is 13.4. The molecule has 1 atom stereocenters. The van der Waals surface area contributed by atoms with Crippen LogP contribution in [0.1, 0.15) is 44.9 Å². The molecule has 0 bridgehead atoms. The average Bonchev–Trinajstić information content (AvgIpc) is 4.02. The topological polar surface area (TPSA) is 16.4 Å². The lowest BCUT2D eigenvalue weighted by atomic mass is 9.70. The number of hydrogen-bond donors (Lipinski definition) is 0. The zero-order valence-corrected chi connectivity index (χ0v) is 32.3. The minimum Gasteiger partial charge on any atom is -0.454 e. The molecule has 0 saturated heterocycles. The monoisotopic (exact) mass is 751 g/mol. The first kappa shape index (κ1) is 32.6. The first-order chi connectivity index (χ1) is 29.3. The molecule has 1 unspecified atom stereocenters. The van der Waals surface area contributed by atoms with E-state index in [1.807, 2.05) is 0 Å². The summed E-state index contributed by atoms with van der Waals surface area (Å²) in [6.07, 6.45) is 0.931. The first-order valence-electron chi connectivity index (χ1n) is 20.7. The molecule has 1 aromatic heterocycles. The molecule has 2 heteroatoms. The molecule has 0 amide bonds. The van der Waals surface area contributed by atoms with Gasteiger partial charge in [-0.05, 0) is 91.9 Å². The molecule has 13 rings (SSSR count). The summed E-state index contributed by atoms with van der Waals surface area (Å²) in [5.41, 5.74) is 21.6. The Hall–Kier alpha value is -7.42. The second-order valence-electron chi connectivity index (χ2n) is 16.2. The van der Waals surface area contributed by atoms with E-state index >= 15 is 0 Å². The number of nitrogens with zero attached hydrogens (tertiary/aromatic N) is 1. The number of benzene rings is 9. The maximum Gasteiger partial charge on any atom is 0.159 e. The van der Waals surface area contributed by atoms with E-state index < -0.39 is 5.41 Å². The van der Waals surface area contributed by atoms with Crippen molar-refractivity contribution in [1.82, 2.24) is 0 Å². The molecule has 9 aromatic carbocycles. The van der Waals surface area contributed by atoms with Crippen molar-refractivity contribution >= 4 is 39.0 Å². The number of fused-ring (bicyclic) bond motifs is 16. The summed E-state index contributed by atoms with van der Waals surface area (Å²) in [6.45, 7) is 0. The van der Waals surface area contributed by atoms with Gasteiger partial charge in [-0.15, -0.1) is 0 Å². The fourth-order valence-corrected chi connectivity index (χ4v) is 11.2. The van der Waals surface area contributed by atoms with Gasteiger partial charge in [-0.25, -0.2) is 0 Å². The third-order valence-corrected chi connectivity index (χ3v) is 13.4. The number of para-hydroxylation sites is 2. The Morgan fingerprint density at radius 3 is 1.69 bits per heavy atom. The molecule has 0 aliphatic heterocycles. The van der Waals surface area contributed by atoms with E-state index in [0.717, 1.165) is 45.4 Å². The van der Waals surface area contributed by atoms with E-state index in [-0.39, 0.29) is 5.92 Å². The van der Waals surface area contributed by atoms with E-state index in [2.05, 4.69) is 211 Å². The van der Waals surface area contributed by atoms with Crippen molar-refractivity contribution in [2.24, 2.45) is 0 Å². The number of anilines is 3. The fraction of sp³-hybridized carbons (Fsp3) is 0.0526. The van der Waals surface area contributed by atoms with Gasteiger partial charge in [0.05, 0.1) is 22.5 Å². The van der Waals surface area contributed by atoms with Crippen molar-refractivity contribution in [3.63, 3.8) is 0 Å². The van der Waals surface area contributed by atoms with Gasteiger partial charge in [0, 0.05) is 27.8 Å². The van der Waals surface area contributed by atoms with Crippen LogP contribution in [0, 0.1) is 0 Å². The van der Waals surface area contributed by atoms with Gasteiger partial charge in [0.1, 0.15) is 5.58 Å². The van der Waals surface area contributed by atoms with Gasteiger partial charge in [-0.2, -0.15) is 0 Å². The Labute approximate surface area is 343 Å². The second kappa shape index (κ2) is 12.3. The van der Waals surface area contributed by atoms with E-state index in [9.17, 15) is 0 Å². The molecular weight excluding hydrogens is 715 g/mol. The molecule has 10 aromatic rings. The predicted octanol–water partition coefficient (Wildman–Crippen LogP) is 14.8. The third kappa shape index (κ3) is 4.35. The molecule has 1 spiro atoms. The molecular formula is C57H37NO. The van der Waals surface area contributed by atoms with Crippen LogP contribution in [0.2, 0.25) is 0 Å². The van der Waals surface area contributed by atoms with Crippen LogP contribution in [0.4, 0.5) is 17.1 Å². The molecule has 0 fully saturated rings. The maximum atomic E-state index is 6.97. The molecule has 2 nitrogen and oxygen atoms in total. The van der Waals surface area contributed by atoms with Gasteiger partial charge in [-0.1, -0.05) is 182 Å². The lowest BCUT2D eigenvalue weighted by molar-refractivity contribution is 0.669. The van der Waals surface area contributed by atoms with Crippen molar-refractivity contribution in [3.05, 3.63) is 245 Å². The number of furan rings is 1. The van der Waals surface area contributed by atoms with Crippen LogP contribution >= 0.6 is 0 Å². The maximum absolute atomic E-state index is 6.97. The summed E-state index contributed by atoms with van der Waals surface area (Å²) in [7, 11) is 0. The normalized spacial score (nSPS) is 14.8. The van der Waals surface area contributed by atoms with Gasteiger partial charge in [0.15, 0.2) is 5.58 Å². The Bertz CT molecular complexity index is 3270. The SMILES string of the molecule is c1ccc(CC2c3ccccc3-c3c2cccc3N(c2cccc3c2C2(c4ccccc4-c4ccccc42)c2ccccc2-3)c2cccc3c2oc2ccccc23)cc1. The van der Waals surface area contributed by atoms with Gasteiger partial charge in [0.25, 0.3) is 0 Å². The zero-order chi connectivity index (χ0) is 38.7. The van der Waals surface area contributed by atoms with Crippen molar-refractivity contribution in [1.29, 1.82) is 0 Å². The molecule has 276 valence electrons. The van der Waals surface area contributed by atoms with Crippen LogP contribution in [0.3, 0.4) is 0 Å². The van der Waals surface area contributed by atoms with Crippen LogP contribution in [-0.4, -0.2) is 0 Å². The first-order valence-corrected chi connectivity index (χ1v) is 20.7. The van der Waals surface area contributed by atoms with Gasteiger partial charge < -0.3 is 9.32 Å². The highest BCUT2D eigenvalue weighted by molar-refractivity contribution is 6.12. The van der Waals surface area contributed by atoms with Crippen LogP contribution in [0.15, 0.2) is 211 Å². The summed E-state index contributed by atoms with van der Waals surface area (Å²) >= 11 is 0. The standard InChI is InChI=1S/C57H37NO/c1-2-17-36(18-3-1)35-46-37-19-4-5-24-42(37)54-43(46)25-14-31-50(54)58(52-33-16-27-45-41-23-9-13-34-53(41)59-56(45)52)51-32-15-26-44-40-22-8-12-30-49(40)57(55(44)51)47-28-10-6-20-38(47)39-21-7-11-29-48(39)57/h1-34,46H,35H2. The van der Waals surface area contributed by atoms with E-state index in [1.165, 1.54) is 72.3 Å². The highest BCUT2D eigenvalue weighted by Gasteiger charge is 2.53. The summed E-state index contributed by atoms with van der Waals surface area (Å²) < 4.78 is 6.97. The molecule has 0 N–H and O–H groups in total. The lowest BCUT2D eigenvalue weighted by Gasteiger charge is -2.36. The molecule has 59 heavy (non-hydrogen) atoms. The molecule has 1 heterocycles. The molecule has 0 saturated carbocycles. The molecule has 3 aliphatic rings. The summed E-state index contributed by atoms with van der Waals surface area (Å²) in [4.78, 5) is 2.56. The number of rotatable bonds is 5. The number of hydrogen-bond acceptors (Lipinski definition) is 2. The average molecular weight is 752 g/mol. The van der Waals surface area contributed by atoms with Crippen molar-refractivity contribution in [3.8, 4) is 33.4 Å². The van der Waals surface area contributed by atoms with Crippen LogP contribution in [-0.2, 0) is 11.8 Å². The van der Waals surface area contributed by atoms with Crippen LogP contribution in [0.25, 0.3) is 55.3 Å². The zero-order valence-electron chi connectivity index (χ0n) is 32.3. The Kier molecular flexibility index (Phi) is 6.80. The van der Waals surface area contributed by atoms with E-state index in [1.54, 1.807) is 0 Å². The van der Waals surface area contributed by atoms with Gasteiger partial charge >= 0.3 is 0 Å². The smallest absolute Gasteiger partial charge is 0.159 e. The van der Waals surface area contributed by atoms with Crippen LogP contribution in [0.5, 0.6) is 0 Å². The van der Waals surface area contributed by atoms with Gasteiger partial charge in [0.2, 0.25) is 0 Å². The van der Waals surface area contributed by atoms with E-state index in [4.69, 9.17) is 4.42 Å². The Morgan fingerprint density at radius 1 is 0.407 bits per heavy atom. The molecule has 3 aliphatic carbocycles. The Morgan fingerprint density at radius 2 is 0.932 bits per heavy atom. The molecule has 0 radical (unpaired) electrons. The summed E-state index contributed by atoms with van der Waals surface area (Å²) in [5, 5.41) is 2.23. The van der Waals surface area contributed by atoms with Crippen molar-refractivity contribution in [2.45, 2.75) is 17.8 Å². The summed E-state index contributed by atoms with van der Waals surface area (Å²) in [5.74, 6) is 0.220. The lowest BCUT2D eigenvalue weighted by Crippen LogP contribution is -2.28. The van der Waals surface area contributed by atoms with Gasteiger partial charge in [-0.3, -0.25) is 0 Å². The summed E-state index contributed by atoms with van der Waals surface area (Å²) in [6, 6.07) is 76.4. The minimum atomic E-state index is -0.540. The quantitative estimate of drug-likeness (QED) is 0.174. The van der Waals surface area contributed by atoms with E-state index in [0.29, 0.717) is 0 Å². The fourth-order valence-electron chi connectivity index (χ4n) is 11.2. The predicted molar refractivity (Wildman–Crippen MR) is 242 cm³/mol. The van der Waals surface area contributed by atoms with Crippen molar-refractivity contribution < 1.29 is 4.42 Å².